The molecule has 0 atom stereocenters. The number of nitrogens with one attached hydrogen (secondary N) is 1. The van der Waals surface area contributed by atoms with Crippen molar-refractivity contribution < 1.29 is 28.5 Å². The van der Waals surface area contributed by atoms with Gasteiger partial charge in [-0.3, -0.25) is 14.2 Å². The summed E-state index contributed by atoms with van der Waals surface area (Å²) in [5.41, 5.74) is 2.34. The van der Waals surface area contributed by atoms with E-state index in [-0.39, 0.29) is 11.8 Å². The number of carbonyl (C=O) groups is 2. The highest BCUT2D eigenvalue weighted by Gasteiger charge is 2.21. The number of rotatable bonds is 5. The van der Waals surface area contributed by atoms with Crippen LogP contribution in [0.5, 0.6) is 23.0 Å². The van der Waals surface area contributed by atoms with Gasteiger partial charge in [0.1, 0.15) is 32.3 Å². The Kier molecular flexibility index (Phi) is 5.65. The summed E-state index contributed by atoms with van der Waals surface area (Å²) in [6, 6.07) is 17.7. The van der Waals surface area contributed by atoms with Crippen LogP contribution in [0.25, 0.3) is 11.0 Å². The van der Waals surface area contributed by atoms with Crippen LogP contribution in [0.15, 0.2) is 60.7 Å². The van der Waals surface area contributed by atoms with Crippen LogP contribution in [0.4, 0.5) is 0 Å². The quantitative estimate of drug-likeness (QED) is 0.463. The maximum Gasteiger partial charge on any atom is 0.263 e. The predicted octanol–water partition coefficient (Wildman–Crippen LogP) is 3.24. The van der Waals surface area contributed by atoms with Crippen molar-refractivity contribution >= 4 is 22.8 Å². The molecule has 1 amide bonds. The predicted molar refractivity (Wildman–Crippen MR) is 130 cm³/mol. The molecule has 2 aliphatic rings. The van der Waals surface area contributed by atoms with Crippen LogP contribution in [-0.4, -0.2) is 54.3 Å². The molecule has 0 bridgehead atoms. The van der Waals surface area contributed by atoms with Gasteiger partial charge in [0.25, 0.3) is 11.8 Å². The first kappa shape index (κ1) is 22.0. The normalized spacial score (nSPS) is 13.9. The van der Waals surface area contributed by atoms with Crippen LogP contribution in [0.3, 0.4) is 0 Å². The van der Waals surface area contributed by atoms with Gasteiger partial charge in [0.15, 0.2) is 23.0 Å². The van der Waals surface area contributed by atoms with Gasteiger partial charge in [-0.1, -0.05) is 12.1 Å². The summed E-state index contributed by atoms with van der Waals surface area (Å²) in [7, 11) is 0. The average Bonchev–Trinajstić information content (AvgIpc) is 3.30. The van der Waals surface area contributed by atoms with E-state index in [2.05, 4.69) is 10.3 Å². The minimum absolute atomic E-state index is 0.228. The van der Waals surface area contributed by atoms with Crippen LogP contribution in [0.1, 0.15) is 26.5 Å². The number of nitrogens with zero attached hydrogens (tertiary/aromatic N) is 2. The summed E-state index contributed by atoms with van der Waals surface area (Å²) < 4.78 is 23.9. The number of ether oxygens (including phenoxy) is 4. The van der Waals surface area contributed by atoms with E-state index in [1.807, 2.05) is 24.3 Å². The first-order valence-corrected chi connectivity index (χ1v) is 11.8. The zero-order valence-electron chi connectivity index (χ0n) is 19.4. The van der Waals surface area contributed by atoms with Gasteiger partial charge < -0.3 is 24.3 Å². The fourth-order valence-corrected chi connectivity index (χ4v) is 4.35. The van der Waals surface area contributed by atoms with E-state index in [1.165, 1.54) is 0 Å². The van der Waals surface area contributed by atoms with E-state index in [0.29, 0.717) is 90.4 Å². The number of hydrogen-bond donors (Lipinski definition) is 1. The maximum atomic E-state index is 13.6. The molecule has 1 N–H and O–H groups in total. The number of para-hydroxylation sites is 2. The second-order valence-corrected chi connectivity index (χ2v) is 8.38. The van der Waals surface area contributed by atoms with E-state index in [9.17, 15) is 9.59 Å². The highest BCUT2D eigenvalue weighted by molar-refractivity contribution is 6.02. The second kappa shape index (κ2) is 9.26. The van der Waals surface area contributed by atoms with Crippen molar-refractivity contribution in [2.45, 2.75) is 6.42 Å². The minimum Gasteiger partial charge on any atom is -0.486 e. The summed E-state index contributed by atoms with van der Waals surface area (Å²) in [6.07, 6.45) is 0.362. The van der Waals surface area contributed by atoms with Crippen LogP contribution in [-0.2, 0) is 6.42 Å². The fraction of sp³-hybridized carbons (Fsp3) is 0.222. The molecule has 0 spiro atoms. The standard InChI is InChI=1S/C27H23N3O6/c31-26(17-5-7-21-23(15-17)35-13-11-33-21)28-10-9-25-29-19-3-1-2-4-20(19)30(25)27(32)18-6-8-22-24(16-18)36-14-12-34-22/h1-8,15-16H,9-14H2,(H,28,31). The molecular formula is C27H23N3O6. The molecule has 3 heterocycles. The van der Waals surface area contributed by atoms with Gasteiger partial charge in [-0.2, -0.15) is 0 Å². The number of carbonyl (C=O) groups excluding carboxylic acids is 2. The van der Waals surface area contributed by atoms with Gasteiger partial charge in [-0.15, -0.1) is 0 Å². The average molecular weight is 485 g/mol. The molecule has 0 saturated carbocycles. The smallest absolute Gasteiger partial charge is 0.263 e. The van der Waals surface area contributed by atoms with E-state index >= 15 is 0 Å². The van der Waals surface area contributed by atoms with Gasteiger partial charge in [0.05, 0.1) is 11.0 Å². The number of imidazole rings is 1. The molecule has 0 unspecified atom stereocenters. The molecule has 9 heteroatoms. The lowest BCUT2D eigenvalue weighted by molar-refractivity contribution is 0.0952. The lowest BCUT2D eigenvalue weighted by atomic mass is 10.1. The van der Waals surface area contributed by atoms with Gasteiger partial charge in [-0.25, -0.2) is 4.98 Å². The van der Waals surface area contributed by atoms with Crippen molar-refractivity contribution in [2.24, 2.45) is 0 Å². The van der Waals surface area contributed by atoms with Crippen LogP contribution >= 0.6 is 0 Å². The third-order valence-corrected chi connectivity index (χ3v) is 6.06. The molecule has 0 fully saturated rings. The highest BCUT2D eigenvalue weighted by atomic mass is 16.6. The van der Waals surface area contributed by atoms with E-state index < -0.39 is 0 Å². The molecule has 2 aliphatic heterocycles. The first-order valence-electron chi connectivity index (χ1n) is 11.8. The molecule has 0 saturated heterocycles. The summed E-state index contributed by atoms with van der Waals surface area (Å²) in [4.78, 5) is 31.0. The van der Waals surface area contributed by atoms with Gasteiger partial charge >= 0.3 is 0 Å². The van der Waals surface area contributed by atoms with Crippen molar-refractivity contribution in [2.75, 3.05) is 33.0 Å². The molecule has 182 valence electrons. The second-order valence-electron chi connectivity index (χ2n) is 8.38. The number of aromatic nitrogens is 2. The largest absolute Gasteiger partial charge is 0.486 e. The Bertz CT molecular complexity index is 1480. The Labute approximate surface area is 206 Å². The molecular weight excluding hydrogens is 462 g/mol. The van der Waals surface area contributed by atoms with Gasteiger partial charge in [0.2, 0.25) is 0 Å². The summed E-state index contributed by atoms with van der Waals surface area (Å²) in [5.74, 6) is 2.44. The van der Waals surface area contributed by atoms with Crippen LogP contribution in [0, 0.1) is 0 Å². The monoisotopic (exact) mass is 485 g/mol. The Morgan fingerprint density at radius 3 is 2.11 bits per heavy atom. The van der Waals surface area contributed by atoms with Crippen molar-refractivity contribution in [3.8, 4) is 23.0 Å². The van der Waals surface area contributed by atoms with Crippen LogP contribution < -0.4 is 24.3 Å². The number of hydrogen-bond acceptors (Lipinski definition) is 7. The topological polar surface area (TPSA) is 101 Å². The maximum absolute atomic E-state index is 13.6. The number of fused-ring (bicyclic) bond motifs is 3. The third-order valence-electron chi connectivity index (χ3n) is 6.06. The van der Waals surface area contributed by atoms with Crippen molar-refractivity contribution in [1.29, 1.82) is 0 Å². The lowest BCUT2D eigenvalue weighted by Crippen LogP contribution is -2.27. The Morgan fingerprint density at radius 2 is 1.39 bits per heavy atom. The van der Waals surface area contributed by atoms with Crippen molar-refractivity contribution in [1.82, 2.24) is 14.9 Å². The van der Waals surface area contributed by atoms with Crippen molar-refractivity contribution in [3.63, 3.8) is 0 Å². The van der Waals surface area contributed by atoms with E-state index in [0.717, 1.165) is 0 Å². The molecule has 6 rings (SSSR count). The Morgan fingerprint density at radius 1 is 0.778 bits per heavy atom. The fourth-order valence-electron chi connectivity index (χ4n) is 4.35. The molecule has 9 nitrogen and oxygen atoms in total. The SMILES string of the molecule is O=C(NCCc1nc2ccccc2n1C(=O)c1ccc2c(c1)OCCO2)c1ccc2c(c1)OCCO2. The highest BCUT2D eigenvalue weighted by Crippen LogP contribution is 2.32. The van der Waals surface area contributed by atoms with E-state index in [1.54, 1.807) is 41.0 Å². The molecule has 36 heavy (non-hydrogen) atoms. The van der Waals surface area contributed by atoms with E-state index in [4.69, 9.17) is 18.9 Å². The minimum atomic E-state index is -0.243. The summed E-state index contributed by atoms with van der Waals surface area (Å²) in [5, 5.41) is 2.91. The Balaban J connectivity index is 1.22. The first-order chi connectivity index (χ1) is 17.7. The van der Waals surface area contributed by atoms with Crippen LogP contribution in [0.2, 0.25) is 0 Å². The van der Waals surface area contributed by atoms with Gasteiger partial charge in [0, 0.05) is 24.1 Å². The zero-order valence-corrected chi connectivity index (χ0v) is 19.4. The van der Waals surface area contributed by atoms with Crippen molar-refractivity contribution in [3.05, 3.63) is 77.6 Å². The molecule has 0 aliphatic carbocycles. The zero-order chi connectivity index (χ0) is 24.5. The molecule has 0 radical (unpaired) electrons. The number of benzene rings is 3. The Hall–Kier alpha value is -4.53. The van der Waals surface area contributed by atoms with Gasteiger partial charge in [-0.05, 0) is 48.5 Å². The molecule has 1 aromatic heterocycles. The molecule has 4 aromatic rings. The third kappa shape index (κ3) is 4.08. The summed E-state index contributed by atoms with van der Waals surface area (Å²) >= 11 is 0. The molecule has 3 aromatic carbocycles. The lowest BCUT2D eigenvalue weighted by Gasteiger charge is -2.19. The summed E-state index contributed by atoms with van der Waals surface area (Å²) in [6.45, 7) is 2.16. The number of amides is 1.